The van der Waals surface area contributed by atoms with Crippen molar-refractivity contribution < 1.29 is 42.9 Å². The molecule has 0 spiro atoms. The number of carbonyl (C=O) groups excluding carboxylic acids is 3. The van der Waals surface area contributed by atoms with E-state index in [4.69, 9.17) is 18.9 Å². The third-order valence-corrected chi connectivity index (χ3v) is 13.6. The van der Waals surface area contributed by atoms with Crippen LogP contribution in [0.3, 0.4) is 0 Å². The highest BCUT2D eigenvalue weighted by Gasteiger charge is 2.22. The fourth-order valence-electron chi connectivity index (χ4n) is 8.77. The van der Waals surface area contributed by atoms with E-state index in [0.29, 0.717) is 17.4 Å². The SMILES string of the molecule is CC/C=C\C/C=C\C/C=C\C/C=C\CCCCCCCCCCCCCCCCCCCCCCC(=O)OC(COC(=O)CCCCCCCC/C=C\C/C=C\C/C=C\CCCCC)COC(OCC[N+](C)(C)C)C(=O)[O-]. The van der Waals surface area contributed by atoms with Gasteiger partial charge in [0.2, 0.25) is 0 Å². The fraction of sp³-hybridized carbons (Fsp3) is 0.750. The van der Waals surface area contributed by atoms with Gasteiger partial charge in [-0.05, 0) is 89.9 Å². The summed E-state index contributed by atoms with van der Waals surface area (Å²) < 4.78 is 22.7. The minimum atomic E-state index is -1.63. The molecule has 0 N–H and O–H groups in total. The normalized spacial score (nSPS) is 13.3. The quantitative estimate of drug-likeness (QED) is 0.0195. The largest absolute Gasteiger partial charge is 0.545 e. The van der Waals surface area contributed by atoms with Crippen LogP contribution in [0.2, 0.25) is 0 Å². The lowest BCUT2D eigenvalue weighted by atomic mass is 10.0. The summed E-state index contributed by atoms with van der Waals surface area (Å²) in [5.74, 6) is -2.29. The van der Waals surface area contributed by atoms with Crippen LogP contribution in [0.1, 0.15) is 271 Å². The number of likely N-dealkylation sites (N-methyl/N-ethyl adjacent to an activating group) is 1. The van der Waals surface area contributed by atoms with Crippen LogP contribution in [0.4, 0.5) is 0 Å². The lowest BCUT2D eigenvalue weighted by Gasteiger charge is -2.26. The molecule has 444 valence electrons. The lowest BCUT2D eigenvalue weighted by Crippen LogP contribution is -2.44. The van der Waals surface area contributed by atoms with E-state index in [2.05, 4.69) is 98.9 Å². The molecule has 9 heteroatoms. The minimum Gasteiger partial charge on any atom is -0.545 e. The van der Waals surface area contributed by atoms with Crippen molar-refractivity contribution in [3.05, 3.63) is 85.1 Å². The molecule has 0 aliphatic carbocycles. The lowest BCUT2D eigenvalue weighted by molar-refractivity contribution is -0.870. The molecule has 0 aromatic rings. The first-order valence-electron chi connectivity index (χ1n) is 31.7. The number of carbonyl (C=O) groups is 3. The fourth-order valence-corrected chi connectivity index (χ4v) is 8.77. The molecule has 0 amide bonds. The molecule has 2 atom stereocenters. The molecule has 0 bridgehead atoms. The zero-order chi connectivity index (χ0) is 56.2. The molecule has 0 aromatic heterocycles. The minimum absolute atomic E-state index is 0.144. The Labute approximate surface area is 474 Å². The molecule has 0 aliphatic rings. The highest BCUT2D eigenvalue weighted by molar-refractivity contribution is 5.70. The van der Waals surface area contributed by atoms with Gasteiger partial charge in [0.15, 0.2) is 12.4 Å². The van der Waals surface area contributed by atoms with Crippen molar-refractivity contribution in [2.24, 2.45) is 0 Å². The Kier molecular flexibility index (Phi) is 55.9. The number of carboxylic acid groups (broad SMARTS) is 1. The van der Waals surface area contributed by atoms with Crippen molar-refractivity contribution in [1.29, 1.82) is 0 Å². The highest BCUT2D eigenvalue weighted by Crippen LogP contribution is 2.17. The van der Waals surface area contributed by atoms with Gasteiger partial charge in [-0.15, -0.1) is 0 Å². The Morgan fingerprint density at radius 3 is 1.10 bits per heavy atom. The number of nitrogens with zero attached hydrogens (tertiary/aromatic N) is 1. The van der Waals surface area contributed by atoms with Crippen molar-refractivity contribution in [3.63, 3.8) is 0 Å². The van der Waals surface area contributed by atoms with Crippen LogP contribution in [0, 0.1) is 0 Å². The molecule has 0 saturated carbocycles. The number of hydrogen-bond donors (Lipinski definition) is 0. The number of hydrogen-bond acceptors (Lipinski definition) is 8. The summed E-state index contributed by atoms with van der Waals surface area (Å²) in [7, 11) is 5.92. The number of allylic oxidation sites excluding steroid dienone is 14. The monoisotopic (exact) mass is 1080 g/mol. The van der Waals surface area contributed by atoms with Crippen molar-refractivity contribution in [3.8, 4) is 0 Å². The standard InChI is InChI=1S/C68H119NO8/c1-6-8-10-12-14-16-18-20-22-24-26-27-28-29-30-31-32-33-34-35-36-37-38-39-41-43-45-47-49-51-53-55-57-59-66(71)77-64(63-76-68(67(72)73)74-61-60-69(3,4)5)62-75-65(70)58-56-54-52-50-48-46-44-42-40-25-23-21-19-17-15-13-11-9-7-2/h8,10,14-17,20-23,26-27,40,42,64,68H,6-7,9,11-13,18-19,24-25,28-39,41,43-63H2,1-5H3/b10-8-,16-14-,17-15-,22-20-,23-21-,27-26-,42-40-. The number of rotatable bonds is 58. The van der Waals surface area contributed by atoms with E-state index in [0.717, 1.165) is 83.5 Å². The average Bonchev–Trinajstić information content (AvgIpc) is 3.40. The second-order valence-corrected chi connectivity index (χ2v) is 22.3. The maximum absolute atomic E-state index is 12.9. The predicted octanol–water partition coefficient (Wildman–Crippen LogP) is 17.8. The third-order valence-electron chi connectivity index (χ3n) is 13.6. The molecule has 9 nitrogen and oxygen atoms in total. The zero-order valence-corrected chi connectivity index (χ0v) is 50.6. The molecule has 0 rings (SSSR count). The van der Waals surface area contributed by atoms with E-state index in [9.17, 15) is 19.5 Å². The number of unbranched alkanes of at least 4 members (excludes halogenated alkanes) is 29. The van der Waals surface area contributed by atoms with Crippen molar-refractivity contribution in [2.75, 3.05) is 47.5 Å². The first-order chi connectivity index (χ1) is 37.6. The molecule has 0 heterocycles. The van der Waals surface area contributed by atoms with Gasteiger partial charge in [0.1, 0.15) is 13.2 Å². The van der Waals surface area contributed by atoms with Gasteiger partial charge < -0.3 is 33.3 Å². The van der Waals surface area contributed by atoms with Crippen LogP contribution in [-0.2, 0) is 33.3 Å². The summed E-state index contributed by atoms with van der Waals surface area (Å²) in [5, 5.41) is 11.8. The van der Waals surface area contributed by atoms with Crippen molar-refractivity contribution in [2.45, 2.75) is 283 Å². The van der Waals surface area contributed by atoms with Crippen molar-refractivity contribution in [1.82, 2.24) is 0 Å². The Morgan fingerprint density at radius 1 is 0.403 bits per heavy atom. The molecule has 77 heavy (non-hydrogen) atoms. The topological polar surface area (TPSA) is 111 Å². The molecular formula is C68H119NO8. The highest BCUT2D eigenvalue weighted by atomic mass is 16.7. The Balaban J connectivity index is 4.12. The molecular weight excluding hydrogens is 959 g/mol. The van der Waals surface area contributed by atoms with Crippen LogP contribution >= 0.6 is 0 Å². The number of quaternary nitrogens is 1. The maximum Gasteiger partial charge on any atom is 0.306 e. The zero-order valence-electron chi connectivity index (χ0n) is 50.6. The maximum atomic E-state index is 12.9. The number of ether oxygens (including phenoxy) is 4. The number of esters is 2. The Morgan fingerprint density at radius 2 is 0.740 bits per heavy atom. The van der Waals surface area contributed by atoms with E-state index < -0.39 is 24.3 Å². The molecule has 0 fully saturated rings. The van der Waals surface area contributed by atoms with Crippen LogP contribution in [0.25, 0.3) is 0 Å². The van der Waals surface area contributed by atoms with E-state index >= 15 is 0 Å². The van der Waals surface area contributed by atoms with E-state index in [1.165, 1.54) is 154 Å². The Hall–Kier alpha value is -3.53. The summed E-state index contributed by atoms with van der Waals surface area (Å²) in [6.45, 7) is 4.61. The van der Waals surface area contributed by atoms with Crippen LogP contribution in [-0.4, -0.2) is 82.3 Å². The second kappa shape index (κ2) is 58.6. The first-order valence-corrected chi connectivity index (χ1v) is 31.7. The predicted molar refractivity (Wildman–Crippen MR) is 324 cm³/mol. The second-order valence-electron chi connectivity index (χ2n) is 22.3. The van der Waals surface area contributed by atoms with Gasteiger partial charge in [-0.2, -0.15) is 0 Å². The van der Waals surface area contributed by atoms with E-state index in [1.54, 1.807) is 0 Å². The smallest absolute Gasteiger partial charge is 0.306 e. The summed E-state index contributed by atoms with van der Waals surface area (Å²) in [6.07, 6.45) is 75.0. The van der Waals surface area contributed by atoms with Crippen LogP contribution < -0.4 is 5.11 Å². The first kappa shape index (κ1) is 73.5. The molecule has 0 radical (unpaired) electrons. The van der Waals surface area contributed by atoms with Gasteiger partial charge in [-0.1, -0.05) is 253 Å². The van der Waals surface area contributed by atoms with Crippen molar-refractivity contribution >= 4 is 17.9 Å². The molecule has 2 unspecified atom stereocenters. The van der Waals surface area contributed by atoms with Gasteiger partial charge >= 0.3 is 11.9 Å². The van der Waals surface area contributed by atoms with Gasteiger partial charge in [-0.3, -0.25) is 9.59 Å². The third kappa shape index (κ3) is 60.0. The summed E-state index contributed by atoms with van der Waals surface area (Å²) in [4.78, 5) is 37.4. The van der Waals surface area contributed by atoms with Gasteiger partial charge in [0, 0.05) is 12.8 Å². The van der Waals surface area contributed by atoms with E-state index in [1.807, 2.05) is 21.1 Å². The summed E-state index contributed by atoms with van der Waals surface area (Å²) in [5.41, 5.74) is 0. The summed E-state index contributed by atoms with van der Waals surface area (Å²) in [6, 6.07) is 0. The van der Waals surface area contributed by atoms with Gasteiger partial charge in [0.05, 0.1) is 40.3 Å². The van der Waals surface area contributed by atoms with Crippen LogP contribution in [0.5, 0.6) is 0 Å². The van der Waals surface area contributed by atoms with E-state index in [-0.39, 0.29) is 38.6 Å². The molecule has 0 saturated heterocycles. The average molecular weight is 1080 g/mol. The number of aliphatic carboxylic acids is 1. The summed E-state index contributed by atoms with van der Waals surface area (Å²) >= 11 is 0. The Bertz CT molecular complexity index is 1540. The van der Waals surface area contributed by atoms with Crippen LogP contribution in [0.15, 0.2) is 85.1 Å². The van der Waals surface area contributed by atoms with Gasteiger partial charge in [-0.25, -0.2) is 0 Å². The molecule has 0 aliphatic heterocycles. The van der Waals surface area contributed by atoms with Gasteiger partial charge in [0.25, 0.3) is 0 Å². The number of carboxylic acids is 1. The molecule has 0 aromatic carbocycles.